The Morgan fingerprint density at radius 3 is 2.23 bits per heavy atom. The molecular formula is C28H34N6O7S2. The first-order valence-corrected chi connectivity index (χ1v) is 16.8. The molecule has 2 atom stereocenters. The molecule has 2 unspecified atom stereocenters. The van der Waals surface area contributed by atoms with Gasteiger partial charge in [-0.1, -0.05) is 19.1 Å². The molecule has 3 aromatic heterocycles. The summed E-state index contributed by atoms with van der Waals surface area (Å²) in [4.78, 5) is 21.2. The molecule has 3 N–H and O–H groups in total. The Balaban J connectivity index is 1.36. The van der Waals surface area contributed by atoms with Crippen LogP contribution in [0.2, 0.25) is 0 Å². The van der Waals surface area contributed by atoms with Gasteiger partial charge in [-0.15, -0.1) is 0 Å². The number of sulfonamides is 2. The minimum Gasteiger partial charge on any atom is -0.507 e. The van der Waals surface area contributed by atoms with E-state index in [4.69, 9.17) is 4.42 Å². The van der Waals surface area contributed by atoms with Crippen molar-refractivity contribution in [1.29, 1.82) is 0 Å². The molecule has 43 heavy (non-hydrogen) atoms. The zero-order chi connectivity index (χ0) is 30.9. The van der Waals surface area contributed by atoms with E-state index in [1.54, 1.807) is 38.4 Å². The first kappa shape index (κ1) is 30.5. The van der Waals surface area contributed by atoms with Gasteiger partial charge in [0.1, 0.15) is 11.5 Å². The fourth-order valence-electron chi connectivity index (χ4n) is 5.15. The number of imidazole rings is 2. The van der Waals surface area contributed by atoms with E-state index in [-0.39, 0.29) is 45.5 Å². The zero-order valence-corrected chi connectivity index (χ0v) is 25.6. The number of benzene rings is 1. The van der Waals surface area contributed by atoms with Crippen LogP contribution in [0.15, 0.2) is 74.6 Å². The van der Waals surface area contributed by atoms with Crippen molar-refractivity contribution < 1.29 is 26.4 Å². The van der Waals surface area contributed by atoms with Gasteiger partial charge >= 0.3 is 5.63 Å². The quantitative estimate of drug-likeness (QED) is 0.200. The number of rotatable bonds is 13. The number of aromatic hydroxyl groups is 1. The highest BCUT2D eigenvalue weighted by Crippen LogP contribution is 2.48. The van der Waals surface area contributed by atoms with E-state index in [2.05, 4.69) is 19.4 Å². The number of nitrogens with zero attached hydrogens (tertiary/aromatic N) is 4. The highest BCUT2D eigenvalue weighted by atomic mass is 32.2. The number of nitrogens with one attached hydrogen (secondary N) is 2. The number of aryl methyl sites for hydroxylation is 2. The minimum absolute atomic E-state index is 0.0743. The predicted octanol–water partition coefficient (Wildman–Crippen LogP) is 3.02. The maximum Gasteiger partial charge on any atom is 0.343 e. The van der Waals surface area contributed by atoms with Gasteiger partial charge in [0.2, 0.25) is 0 Å². The van der Waals surface area contributed by atoms with Gasteiger partial charge in [-0.2, -0.15) is 8.42 Å². The lowest BCUT2D eigenvalue weighted by atomic mass is 9.87. The maximum atomic E-state index is 13.4. The summed E-state index contributed by atoms with van der Waals surface area (Å²) >= 11 is 0. The third kappa shape index (κ3) is 6.84. The van der Waals surface area contributed by atoms with Crippen LogP contribution in [0.3, 0.4) is 0 Å². The average molecular weight is 631 g/mol. The first-order valence-electron chi connectivity index (χ1n) is 13.8. The molecule has 0 bridgehead atoms. The first-order chi connectivity index (χ1) is 20.4. The third-order valence-corrected chi connectivity index (χ3v) is 10.1. The molecule has 230 valence electrons. The van der Waals surface area contributed by atoms with Crippen LogP contribution in [-0.2, 0) is 34.1 Å². The molecular weight excluding hydrogens is 596 g/mol. The Kier molecular flexibility index (Phi) is 8.49. The van der Waals surface area contributed by atoms with Crippen molar-refractivity contribution in [3.63, 3.8) is 0 Å². The van der Waals surface area contributed by atoms with Crippen LogP contribution in [0.1, 0.15) is 61.3 Å². The molecule has 3 heterocycles. The summed E-state index contributed by atoms with van der Waals surface area (Å²) in [5, 5.41) is 10.9. The molecule has 1 saturated carbocycles. The van der Waals surface area contributed by atoms with Crippen LogP contribution in [0.5, 0.6) is 5.75 Å². The van der Waals surface area contributed by atoms with E-state index < -0.39 is 31.6 Å². The van der Waals surface area contributed by atoms with Gasteiger partial charge < -0.3 is 18.7 Å². The Labute approximate surface area is 249 Å². The van der Waals surface area contributed by atoms with Crippen molar-refractivity contribution in [3.8, 4) is 5.75 Å². The number of hydrogen-bond acceptors (Lipinski definition) is 9. The van der Waals surface area contributed by atoms with Crippen molar-refractivity contribution in [3.05, 3.63) is 82.7 Å². The highest BCUT2D eigenvalue weighted by Gasteiger charge is 2.38. The molecule has 0 aliphatic heterocycles. The van der Waals surface area contributed by atoms with E-state index >= 15 is 0 Å². The highest BCUT2D eigenvalue weighted by molar-refractivity contribution is 7.92. The predicted molar refractivity (Wildman–Crippen MR) is 158 cm³/mol. The topological polar surface area (TPSA) is 178 Å². The molecule has 0 spiro atoms. The molecule has 0 radical (unpaired) electrons. The number of hydrogen-bond donors (Lipinski definition) is 3. The molecule has 0 saturated heterocycles. The van der Waals surface area contributed by atoms with E-state index in [0.29, 0.717) is 24.1 Å². The standard InChI is InChI=1S/C28H34N6O7S2/c1-4-18(10-11-31-42(37,38)24-14-33(2)16-29-24)23-13-22(35)27(28(36)41-23)26(19-8-9-19)20-6-5-7-21(12-20)32-43(39,40)25-15-34(3)17-30-25/h5-7,12-19,26,31-32,35H,4,8-11H2,1-3H3. The average Bonchev–Trinajstić information content (AvgIpc) is 3.50. The molecule has 1 aliphatic carbocycles. The van der Waals surface area contributed by atoms with Gasteiger partial charge in [-0.3, -0.25) is 4.72 Å². The van der Waals surface area contributed by atoms with Crippen LogP contribution >= 0.6 is 0 Å². The van der Waals surface area contributed by atoms with Gasteiger partial charge in [0.15, 0.2) is 10.1 Å². The zero-order valence-electron chi connectivity index (χ0n) is 24.0. The fourth-order valence-corrected chi connectivity index (χ4v) is 7.21. The van der Waals surface area contributed by atoms with Gasteiger partial charge in [-0.25, -0.2) is 27.9 Å². The Bertz CT molecular complexity index is 1890. The summed E-state index contributed by atoms with van der Waals surface area (Å²) in [5.41, 5.74) is 0.393. The van der Waals surface area contributed by atoms with Crippen molar-refractivity contribution in [2.24, 2.45) is 20.0 Å². The molecule has 0 amide bonds. The van der Waals surface area contributed by atoms with Crippen LogP contribution in [0, 0.1) is 5.92 Å². The summed E-state index contributed by atoms with van der Waals surface area (Å²) in [5.74, 6) is -0.713. The van der Waals surface area contributed by atoms with Crippen LogP contribution in [0.25, 0.3) is 0 Å². The summed E-state index contributed by atoms with van der Waals surface area (Å²) in [6, 6.07) is 8.16. The monoisotopic (exact) mass is 630 g/mol. The maximum absolute atomic E-state index is 13.4. The van der Waals surface area contributed by atoms with E-state index in [1.165, 1.54) is 40.2 Å². The number of anilines is 1. The largest absolute Gasteiger partial charge is 0.507 e. The minimum atomic E-state index is -3.93. The second-order valence-electron chi connectivity index (χ2n) is 10.8. The van der Waals surface area contributed by atoms with Gasteiger partial charge in [0.25, 0.3) is 20.0 Å². The normalized spacial score (nSPS) is 15.3. The lowest BCUT2D eigenvalue weighted by Crippen LogP contribution is -2.26. The summed E-state index contributed by atoms with van der Waals surface area (Å²) in [7, 11) is -4.38. The summed E-state index contributed by atoms with van der Waals surface area (Å²) in [6.07, 6.45) is 8.12. The van der Waals surface area contributed by atoms with E-state index in [1.807, 2.05) is 6.92 Å². The molecule has 15 heteroatoms. The van der Waals surface area contributed by atoms with Crippen molar-refractivity contribution in [2.75, 3.05) is 11.3 Å². The Hall–Kier alpha value is -3.95. The van der Waals surface area contributed by atoms with Gasteiger partial charge in [-0.05, 0) is 49.3 Å². The third-order valence-electron chi connectivity index (χ3n) is 7.48. The van der Waals surface area contributed by atoms with Crippen molar-refractivity contribution in [2.45, 2.75) is 54.5 Å². The van der Waals surface area contributed by atoms with E-state index in [0.717, 1.165) is 12.8 Å². The fraction of sp³-hybridized carbons (Fsp3) is 0.393. The van der Waals surface area contributed by atoms with Crippen LogP contribution in [-0.4, -0.2) is 47.6 Å². The summed E-state index contributed by atoms with van der Waals surface area (Å²) in [6.45, 7) is 1.96. The smallest absolute Gasteiger partial charge is 0.343 e. The van der Waals surface area contributed by atoms with Crippen LogP contribution < -0.4 is 15.1 Å². The second-order valence-corrected chi connectivity index (χ2v) is 14.2. The van der Waals surface area contributed by atoms with Crippen molar-refractivity contribution in [1.82, 2.24) is 23.8 Å². The lowest BCUT2D eigenvalue weighted by molar-refractivity contribution is 0.373. The Morgan fingerprint density at radius 1 is 1.02 bits per heavy atom. The van der Waals surface area contributed by atoms with Gasteiger partial charge in [0, 0.05) is 56.6 Å². The Morgan fingerprint density at radius 2 is 1.67 bits per heavy atom. The molecule has 1 fully saturated rings. The molecule has 4 aromatic rings. The van der Waals surface area contributed by atoms with Crippen molar-refractivity contribution >= 4 is 25.7 Å². The van der Waals surface area contributed by atoms with E-state index in [9.17, 15) is 26.7 Å². The molecule has 13 nitrogen and oxygen atoms in total. The SMILES string of the molecule is CCC(CCNS(=O)(=O)c1cn(C)cn1)c1cc(O)c(C(c2cccc(NS(=O)(=O)c3cn(C)cn3)c2)C2CC2)c(=O)o1. The molecule has 5 rings (SSSR count). The molecule has 1 aromatic carbocycles. The molecule has 1 aliphatic rings. The number of aromatic nitrogens is 4. The second kappa shape index (κ2) is 12.0. The summed E-state index contributed by atoms with van der Waals surface area (Å²) < 4.78 is 64.5. The lowest BCUT2D eigenvalue weighted by Gasteiger charge is -2.20. The van der Waals surface area contributed by atoms with Gasteiger partial charge in [0.05, 0.1) is 18.2 Å². The van der Waals surface area contributed by atoms with Crippen LogP contribution in [0.4, 0.5) is 5.69 Å².